The molecule has 1 N–H and O–H groups in total. The number of carbonyl (C=O) groups excluding carboxylic acids is 1. The van der Waals surface area contributed by atoms with Crippen LogP contribution in [0.15, 0.2) is 12.1 Å². The average Bonchev–Trinajstić information content (AvgIpc) is 2.18. The highest BCUT2D eigenvalue weighted by Crippen LogP contribution is 2.35. The molecule has 1 aromatic carbocycles. The summed E-state index contributed by atoms with van der Waals surface area (Å²) >= 11 is 0. The van der Waals surface area contributed by atoms with Gasteiger partial charge in [-0.2, -0.15) is 0 Å². The lowest BCUT2D eigenvalue weighted by molar-refractivity contribution is -0.116. The van der Waals surface area contributed by atoms with Gasteiger partial charge in [-0.1, -0.05) is 0 Å². The van der Waals surface area contributed by atoms with E-state index in [1.54, 1.807) is 0 Å². The Morgan fingerprint density at radius 3 is 2.53 bits per heavy atom. The maximum Gasteiger partial charge on any atom is 0.224 e. The van der Waals surface area contributed by atoms with Crippen molar-refractivity contribution in [2.75, 3.05) is 16.8 Å². The fourth-order valence-corrected chi connectivity index (χ4v) is 2.03. The molecule has 1 aliphatic heterocycles. The van der Waals surface area contributed by atoms with Crippen LogP contribution in [0.5, 0.6) is 0 Å². The first-order valence-corrected chi connectivity index (χ1v) is 5.35. The summed E-state index contributed by atoms with van der Waals surface area (Å²) in [5, 5.41) is 3.09. The Morgan fingerprint density at radius 1 is 1.35 bits per heavy atom. The maximum absolute atomic E-state index is 13.2. The summed E-state index contributed by atoms with van der Waals surface area (Å²) in [5.41, 5.74) is 0.453. The van der Waals surface area contributed by atoms with Crippen molar-refractivity contribution in [1.29, 1.82) is 0 Å². The van der Waals surface area contributed by atoms with E-state index in [4.69, 9.17) is 0 Å². The fraction of sp³-hybridized carbons (Fsp3) is 0.417. The van der Waals surface area contributed by atoms with Crippen molar-refractivity contribution in [3.05, 3.63) is 23.8 Å². The predicted molar refractivity (Wildman–Crippen MR) is 62.1 cm³/mol. The van der Waals surface area contributed by atoms with Gasteiger partial charge in [0, 0.05) is 31.1 Å². The molecular formula is C12H14F2N2O. The van der Waals surface area contributed by atoms with E-state index >= 15 is 0 Å². The van der Waals surface area contributed by atoms with E-state index in [-0.39, 0.29) is 11.4 Å². The van der Waals surface area contributed by atoms with Gasteiger partial charge in [0.2, 0.25) is 5.91 Å². The molecule has 1 aliphatic rings. The lowest BCUT2D eigenvalue weighted by Gasteiger charge is -2.40. The minimum absolute atomic E-state index is 0.188. The largest absolute Gasteiger partial charge is 0.377 e. The van der Waals surface area contributed by atoms with Gasteiger partial charge < -0.3 is 10.2 Å². The SMILES string of the molecule is CC(=O)N1CC(C)(C)Nc2cc(F)c(F)cc21. The van der Waals surface area contributed by atoms with Crippen LogP contribution in [-0.2, 0) is 4.79 Å². The molecule has 0 aromatic heterocycles. The minimum atomic E-state index is -0.948. The second kappa shape index (κ2) is 3.68. The van der Waals surface area contributed by atoms with Gasteiger partial charge in [0.05, 0.1) is 11.4 Å². The zero-order valence-corrected chi connectivity index (χ0v) is 9.97. The lowest BCUT2D eigenvalue weighted by atomic mass is 9.99. The van der Waals surface area contributed by atoms with E-state index < -0.39 is 11.6 Å². The zero-order chi connectivity index (χ0) is 12.8. The van der Waals surface area contributed by atoms with Crippen LogP contribution in [0.25, 0.3) is 0 Å². The molecule has 92 valence electrons. The second-order valence-corrected chi connectivity index (χ2v) is 4.90. The van der Waals surface area contributed by atoms with Gasteiger partial charge in [-0.3, -0.25) is 4.79 Å². The summed E-state index contributed by atoms with van der Waals surface area (Å²) in [6, 6.07) is 2.13. The first-order chi connectivity index (χ1) is 7.80. The molecule has 1 amide bonds. The van der Waals surface area contributed by atoms with Gasteiger partial charge in [-0.15, -0.1) is 0 Å². The van der Waals surface area contributed by atoms with Crippen LogP contribution in [0, 0.1) is 11.6 Å². The van der Waals surface area contributed by atoms with Crippen LogP contribution in [0.3, 0.4) is 0 Å². The molecule has 0 fully saturated rings. The molecule has 0 spiro atoms. The topological polar surface area (TPSA) is 32.3 Å². The van der Waals surface area contributed by atoms with E-state index in [1.807, 2.05) is 13.8 Å². The predicted octanol–water partition coefficient (Wildman–Crippen LogP) is 2.52. The van der Waals surface area contributed by atoms with Gasteiger partial charge in [-0.25, -0.2) is 8.78 Å². The quantitative estimate of drug-likeness (QED) is 0.755. The van der Waals surface area contributed by atoms with Crippen LogP contribution < -0.4 is 10.2 Å². The van der Waals surface area contributed by atoms with Crippen LogP contribution in [0.2, 0.25) is 0 Å². The van der Waals surface area contributed by atoms with Crippen LogP contribution in [0.4, 0.5) is 20.2 Å². The number of hydrogen-bond donors (Lipinski definition) is 1. The van der Waals surface area contributed by atoms with Gasteiger partial charge in [-0.05, 0) is 13.8 Å². The van der Waals surface area contributed by atoms with Crippen molar-refractivity contribution >= 4 is 17.3 Å². The van der Waals surface area contributed by atoms with Gasteiger partial charge in [0.1, 0.15) is 0 Å². The van der Waals surface area contributed by atoms with Crippen molar-refractivity contribution in [2.45, 2.75) is 26.3 Å². The molecule has 0 bridgehead atoms. The van der Waals surface area contributed by atoms with E-state index in [2.05, 4.69) is 5.32 Å². The second-order valence-electron chi connectivity index (χ2n) is 4.90. The summed E-state index contributed by atoms with van der Waals surface area (Å²) in [6.07, 6.45) is 0. The number of amides is 1. The third-order valence-corrected chi connectivity index (χ3v) is 2.74. The molecular weight excluding hydrogens is 226 g/mol. The Balaban J connectivity index is 2.56. The Morgan fingerprint density at radius 2 is 1.94 bits per heavy atom. The number of anilines is 2. The molecule has 0 unspecified atom stereocenters. The van der Waals surface area contributed by atoms with Gasteiger partial charge in [0.25, 0.3) is 0 Å². The number of halogens is 2. The third-order valence-electron chi connectivity index (χ3n) is 2.74. The van der Waals surface area contributed by atoms with E-state index in [0.717, 1.165) is 12.1 Å². The third kappa shape index (κ3) is 2.09. The first-order valence-electron chi connectivity index (χ1n) is 5.35. The summed E-state index contributed by atoms with van der Waals surface area (Å²) in [6.45, 7) is 5.62. The minimum Gasteiger partial charge on any atom is -0.377 e. The van der Waals surface area contributed by atoms with Crippen LogP contribution in [0.1, 0.15) is 20.8 Å². The summed E-state index contributed by atoms with van der Waals surface area (Å²) in [5.74, 6) is -2.05. The van der Waals surface area contributed by atoms with Crippen molar-refractivity contribution in [3.63, 3.8) is 0 Å². The summed E-state index contributed by atoms with van der Waals surface area (Å²) in [7, 11) is 0. The molecule has 0 saturated carbocycles. The fourth-order valence-electron chi connectivity index (χ4n) is 2.03. The number of nitrogens with zero attached hydrogens (tertiary/aromatic N) is 1. The van der Waals surface area contributed by atoms with Crippen molar-refractivity contribution < 1.29 is 13.6 Å². The van der Waals surface area contributed by atoms with E-state index in [1.165, 1.54) is 11.8 Å². The van der Waals surface area contributed by atoms with Crippen molar-refractivity contribution in [2.24, 2.45) is 0 Å². The van der Waals surface area contributed by atoms with Crippen LogP contribution >= 0.6 is 0 Å². The highest BCUT2D eigenvalue weighted by atomic mass is 19.2. The molecule has 17 heavy (non-hydrogen) atoms. The van der Waals surface area contributed by atoms with E-state index in [9.17, 15) is 13.6 Å². The van der Waals surface area contributed by atoms with Crippen molar-refractivity contribution in [3.8, 4) is 0 Å². The monoisotopic (exact) mass is 240 g/mol. The lowest BCUT2D eigenvalue weighted by Crippen LogP contribution is -2.50. The number of nitrogens with one attached hydrogen (secondary N) is 1. The maximum atomic E-state index is 13.2. The zero-order valence-electron chi connectivity index (χ0n) is 9.97. The van der Waals surface area contributed by atoms with Crippen molar-refractivity contribution in [1.82, 2.24) is 0 Å². The number of rotatable bonds is 0. The molecule has 0 atom stereocenters. The highest BCUT2D eigenvalue weighted by molar-refractivity contribution is 5.96. The molecule has 0 radical (unpaired) electrons. The Kier molecular flexibility index (Phi) is 2.56. The standard InChI is InChI=1S/C12H14F2N2O/c1-7(17)16-6-12(2,3)15-10-4-8(13)9(14)5-11(10)16/h4-5,15H,6H2,1-3H3. The number of fused-ring (bicyclic) bond motifs is 1. The number of hydrogen-bond acceptors (Lipinski definition) is 2. The number of carbonyl (C=O) groups is 1. The molecule has 3 nitrogen and oxygen atoms in total. The Labute approximate surface area is 98.4 Å². The average molecular weight is 240 g/mol. The highest BCUT2D eigenvalue weighted by Gasteiger charge is 2.32. The van der Waals surface area contributed by atoms with Gasteiger partial charge in [0.15, 0.2) is 11.6 Å². The first kappa shape index (κ1) is 11.8. The molecule has 1 heterocycles. The molecule has 2 rings (SSSR count). The van der Waals surface area contributed by atoms with E-state index in [0.29, 0.717) is 17.9 Å². The Hall–Kier alpha value is -1.65. The summed E-state index contributed by atoms with van der Waals surface area (Å²) < 4.78 is 26.4. The normalized spacial score (nSPS) is 17.4. The summed E-state index contributed by atoms with van der Waals surface area (Å²) in [4.78, 5) is 13.0. The van der Waals surface area contributed by atoms with Gasteiger partial charge >= 0.3 is 0 Å². The molecule has 0 saturated heterocycles. The Bertz CT molecular complexity index is 486. The molecule has 1 aromatic rings. The molecule has 5 heteroatoms. The molecule has 0 aliphatic carbocycles. The number of benzene rings is 1. The smallest absolute Gasteiger partial charge is 0.224 e. The van der Waals surface area contributed by atoms with Crippen LogP contribution in [-0.4, -0.2) is 18.0 Å².